The third-order valence-electron chi connectivity index (χ3n) is 9.53. The summed E-state index contributed by atoms with van der Waals surface area (Å²) >= 11 is 0. The Morgan fingerprint density at radius 2 is 1.32 bits per heavy atom. The fraction of sp³-hybridized carbons (Fsp3) is 0.625. The van der Waals surface area contributed by atoms with Gasteiger partial charge in [-0.1, -0.05) is 130 Å². The van der Waals surface area contributed by atoms with Gasteiger partial charge in [-0.3, -0.25) is 18.6 Å². The molecule has 1 aliphatic heterocycles. The van der Waals surface area contributed by atoms with Gasteiger partial charge in [-0.15, -0.1) is 0 Å². The number of ether oxygens (including phenoxy) is 3. The Morgan fingerprint density at radius 1 is 0.730 bits per heavy atom. The number of rotatable bonds is 36. The van der Waals surface area contributed by atoms with E-state index in [9.17, 15) is 39.5 Å². The third-order valence-corrected chi connectivity index (χ3v) is 10.5. The van der Waals surface area contributed by atoms with Crippen molar-refractivity contribution in [3.63, 3.8) is 0 Å². The zero-order valence-electron chi connectivity index (χ0n) is 37.5. The minimum Gasteiger partial charge on any atom is -0.462 e. The number of phosphoric ester groups is 1. The van der Waals surface area contributed by atoms with Gasteiger partial charge in [0.1, 0.15) is 12.7 Å². The van der Waals surface area contributed by atoms with Crippen LogP contribution in [-0.2, 0) is 37.4 Å². The van der Waals surface area contributed by atoms with Crippen molar-refractivity contribution in [3.05, 3.63) is 97.2 Å². The molecule has 1 saturated heterocycles. The van der Waals surface area contributed by atoms with E-state index in [0.29, 0.717) is 38.5 Å². The molecule has 0 bridgehead atoms. The smallest absolute Gasteiger partial charge is 0.462 e. The zero-order chi connectivity index (χ0) is 46.4. The highest BCUT2D eigenvalue weighted by molar-refractivity contribution is 7.47. The average molecular weight is 909 g/mol. The van der Waals surface area contributed by atoms with E-state index in [4.69, 9.17) is 23.8 Å². The van der Waals surface area contributed by atoms with Crippen molar-refractivity contribution in [2.75, 3.05) is 26.4 Å². The highest BCUT2D eigenvalue weighted by Gasteiger charge is 2.35. The Hall–Kier alpha value is -3.27. The first kappa shape index (κ1) is 57.7. The van der Waals surface area contributed by atoms with E-state index in [1.807, 2.05) is 30.4 Å². The van der Waals surface area contributed by atoms with Crippen molar-refractivity contribution >= 4 is 19.8 Å². The molecule has 0 aliphatic carbocycles. The molecule has 1 fully saturated rings. The van der Waals surface area contributed by atoms with E-state index in [1.165, 1.54) is 0 Å². The summed E-state index contributed by atoms with van der Waals surface area (Å²) in [5.74, 6) is -1.58. The van der Waals surface area contributed by atoms with E-state index >= 15 is 0 Å². The van der Waals surface area contributed by atoms with Gasteiger partial charge in [0.25, 0.3) is 0 Å². The molecule has 0 radical (unpaired) electrons. The van der Waals surface area contributed by atoms with Crippen molar-refractivity contribution in [2.45, 2.75) is 160 Å². The number of aliphatic hydroxyl groups excluding tert-OH is 5. The number of hydrogen-bond acceptors (Lipinski definition) is 13. The molecule has 1 heterocycles. The van der Waals surface area contributed by atoms with Crippen molar-refractivity contribution in [3.8, 4) is 0 Å². The van der Waals surface area contributed by atoms with E-state index in [0.717, 1.165) is 51.4 Å². The lowest BCUT2D eigenvalue weighted by Gasteiger charge is -2.36. The van der Waals surface area contributed by atoms with Crippen molar-refractivity contribution in [1.82, 2.24) is 0 Å². The second-order valence-corrected chi connectivity index (χ2v) is 16.7. The van der Waals surface area contributed by atoms with Crippen LogP contribution in [0.1, 0.15) is 123 Å². The second-order valence-electron chi connectivity index (χ2n) is 15.2. The van der Waals surface area contributed by atoms with Crippen LogP contribution < -0.4 is 0 Å². The van der Waals surface area contributed by atoms with E-state index in [-0.39, 0.29) is 25.2 Å². The maximum absolute atomic E-state index is 12.8. The summed E-state index contributed by atoms with van der Waals surface area (Å²) in [6.45, 7) is 1.73. The molecule has 1 rings (SSSR count). The number of esters is 2. The molecule has 2 unspecified atom stereocenters. The van der Waals surface area contributed by atoms with Crippen LogP contribution in [0.3, 0.4) is 0 Å². The minimum atomic E-state index is -4.72. The molecule has 1 aliphatic rings. The number of phosphoric acid groups is 1. The molecule has 358 valence electrons. The van der Waals surface area contributed by atoms with Gasteiger partial charge in [0.15, 0.2) is 12.4 Å². The molecule has 14 nitrogen and oxygen atoms in total. The summed E-state index contributed by atoms with van der Waals surface area (Å²) in [4.78, 5) is 35.2. The topological polar surface area (TPSA) is 219 Å². The fourth-order valence-corrected chi connectivity index (χ4v) is 6.79. The Balaban J connectivity index is 2.55. The largest absolute Gasteiger partial charge is 0.472 e. The van der Waals surface area contributed by atoms with Crippen LogP contribution in [0, 0.1) is 5.92 Å². The molecule has 15 heteroatoms. The van der Waals surface area contributed by atoms with Crippen molar-refractivity contribution < 1.29 is 67.8 Å². The van der Waals surface area contributed by atoms with Gasteiger partial charge < -0.3 is 44.6 Å². The molecule has 0 aromatic heterocycles. The first-order valence-corrected chi connectivity index (χ1v) is 24.1. The molecule has 8 atom stereocenters. The van der Waals surface area contributed by atoms with Gasteiger partial charge >= 0.3 is 19.8 Å². The molecule has 0 aromatic carbocycles. The van der Waals surface area contributed by atoms with Gasteiger partial charge in [-0.25, -0.2) is 4.57 Å². The molecular formula is C48H77O14P. The monoisotopic (exact) mass is 909 g/mol. The average Bonchev–Trinajstić information content (AvgIpc) is 3.25. The SMILES string of the molecule is CC/C=C\C/C=C\C/C=C\C/C=C\C/C=C\C/C=C\CCC(=O)OC[C@H](COP(=O)(O)OC[C@@H](O)CO)OC(=O)CCC/C=C\C[C@H]1[C@@H](O)CC(O)O[C@@H]1/C=C/[C@@H](O)CCCCC. The number of carbonyl (C=O) groups is 2. The molecule has 0 saturated carbocycles. The van der Waals surface area contributed by atoms with Crippen LogP contribution in [-0.4, -0.2) is 106 Å². The quantitative estimate of drug-likeness (QED) is 0.0152. The highest BCUT2D eigenvalue weighted by Crippen LogP contribution is 2.43. The number of hydrogen-bond donors (Lipinski definition) is 6. The maximum atomic E-state index is 12.8. The summed E-state index contributed by atoms with van der Waals surface area (Å²) in [6.07, 6.45) is 37.2. The molecular weight excluding hydrogens is 831 g/mol. The summed E-state index contributed by atoms with van der Waals surface area (Å²) in [5.41, 5.74) is 0. The number of aliphatic hydroxyl groups is 5. The maximum Gasteiger partial charge on any atom is 0.472 e. The van der Waals surface area contributed by atoms with Crippen LogP contribution in [0.5, 0.6) is 0 Å². The van der Waals surface area contributed by atoms with E-state index < -0.39 is 83.0 Å². The minimum absolute atomic E-state index is 0.0317. The lowest BCUT2D eigenvalue weighted by molar-refractivity contribution is -0.199. The second kappa shape index (κ2) is 38.0. The fourth-order valence-electron chi connectivity index (χ4n) is 6.00. The van der Waals surface area contributed by atoms with Gasteiger partial charge in [0, 0.05) is 25.2 Å². The van der Waals surface area contributed by atoms with Gasteiger partial charge in [-0.2, -0.15) is 0 Å². The van der Waals surface area contributed by atoms with E-state index in [2.05, 4.69) is 73.1 Å². The number of allylic oxidation sites excluding steroid dienone is 14. The number of carbonyl (C=O) groups excluding carboxylic acids is 2. The third kappa shape index (κ3) is 33.0. The van der Waals surface area contributed by atoms with E-state index in [1.54, 1.807) is 12.2 Å². The Morgan fingerprint density at radius 3 is 1.92 bits per heavy atom. The lowest BCUT2D eigenvalue weighted by Crippen LogP contribution is -2.43. The van der Waals surface area contributed by atoms with Crippen LogP contribution in [0.15, 0.2) is 97.2 Å². The summed E-state index contributed by atoms with van der Waals surface area (Å²) in [5, 5.41) is 49.4. The van der Waals surface area contributed by atoms with Crippen molar-refractivity contribution in [2.24, 2.45) is 5.92 Å². The van der Waals surface area contributed by atoms with Crippen LogP contribution in [0.2, 0.25) is 0 Å². The van der Waals surface area contributed by atoms with Gasteiger partial charge in [0.05, 0.1) is 38.1 Å². The normalized spacial score (nSPS) is 21.3. The molecule has 6 N–H and O–H groups in total. The van der Waals surface area contributed by atoms with Gasteiger partial charge in [0.2, 0.25) is 0 Å². The standard InChI is InChI=1S/C48H77O14P/c1-3-5-7-8-9-10-11-12-13-14-15-16-17-18-19-20-21-22-27-31-46(53)58-38-42(39-60-63(56,57)59-37-41(51)36-49)61-47(54)32-28-24-23-26-30-43-44(52)35-48(55)62-45(43)34-33-40(50)29-25-6-4-2/h5,7,9-10,12-13,15-16,18-19,21-23,26,33-34,40-45,48-52,55H,3-4,6,8,11,14,17,20,24-25,27-32,35-39H2,1-2H3,(H,56,57)/b7-5-,10-9-,13-12-,16-15-,19-18-,22-21-,26-23-,34-33+/t40-,41-,42+,43-,44-,45+,48?/m0/s1. The van der Waals surface area contributed by atoms with Crippen molar-refractivity contribution in [1.29, 1.82) is 0 Å². The zero-order valence-corrected chi connectivity index (χ0v) is 38.4. The molecule has 0 spiro atoms. The molecule has 0 amide bonds. The molecule has 63 heavy (non-hydrogen) atoms. The Bertz CT molecular complexity index is 1480. The summed E-state index contributed by atoms with van der Waals surface area (Å²) in [6, 6.07) is 0. The first-order chi connectivity index (χ1) is 30.4. The van der Waals surface area contributed by atoms with Crippen LogP contribution in [0.25, 0.3) is 0 Å². The lowest BCUT2D eigenvalue weighted by atomic mass is 9.87. The molecule has 0 aromatic rings. The first-order valence-electron chi connectivity index (χ1n) is 22.6. The predicted octanol–water partition coefficient (Wildman–Crippen LogP) is 8.10. The summed E-state index contributed by atoms with van der Waals surface area (Å²) < 4.78 is 38.3. The van der Waals surface area contributed by atoms with Crippen LogP contribution >= 0.6 is 7.82 Å². The predicted molar refractivity (Wildman–Crippen MR) is 245 cm³/mol. The van der Waals surface area contributed by atoms with Crippen LogP contribution in [0.4, 0.5) is 0 Å². The summed E-state index contributed by atoms with van der Waals surface area (Å²) in [7, 11) is -4.72. The number of unbranched alkanes of at least 4 members (excludes halogenated alkanes) is 3. The Kier molecular flexibility index (Phi) is 34.9. The van der Waals surface area contributed by atoms with Gasteiger partial charge in [-0.05, 0) is 70.6 Å². The highest BCUT2D eigenvalue weighted by atomic mass is 31.2. The Labute approximate surface area is 376 Å².